The van der Waals surface area contributed by atoms with Crippen LogP contribution in [0.5, 0.6) is 5.88 Å². The minimum atomic E-state index is -0.517. The number of nitrogens with two attached hydrogens (primary N) is 2. The SMILES string of the molecule is CC1(C)OCC(CO)O1.CC1(C)OCC(COc2cccc(N)n2)O1.Nc1cccc(Cl)n1. The molecule has 0 aromatic carbocycles. The molecule has 0 bridgehead atoms. The summed E-state index contributed by atoms with van der Waals surface area (Å²) >= 11 is 5.45. The van der Waals surface area contributed by atoms with E-state index < -0.39 is 11.6 Å². The van der Waals surface area contributed by atoms with Crippen molar-refractivity contribution >= 4 is 23.2 Å². The van der Waals surface area contributed by atoms with Gasteiger partial charge in [-0.25, -0.2) is 4.98 Å². The summed E-state index contributed by atoms with van der Waals surface area (Å²) in [5, 5.41) is 9.03. The van der Waals surface area contributed by atoms with Gasteiger partial charge >= 0.3 is 0 Å². The van der Waals surface area contributed by atoms with Crippen molar-refractivity contribution in [3.8, 4) is 5.88 Å². The van der Waals surface area contributed by atoms with Crippen molar-refractivity contribution in [3.63, 3.8) is 0 Å². The summed E-state index contributed by atoms with van der Waals surface area (Å²) in [4.78, 5) is 7.75. The molecule has 0 amide bonds. The smallest absolute Gasteiger partial charge is 0.215 e. The first-order valence-electron chi connectivity index (χ1n) is 10.5. The van der Waals surface area contributed by atoms with Gasteiger partial charge in [-0.15, -0.1) is 0 Å². The average molecular weight is 485 g/mol. The van der Waals surface area contributed by atoms with E-state index in [1.807, 2.05) is 27.7 Å². The number of hydrogen-bond donors (Lipinski definition) is 3. The van der Waals surface area contributed by atoms with Crippen molar-refractivity contribution in [2.24, 2.45) is 0 Å². The molecule has 4 rings (SSSR count). The number of ether oxygens (including phenoxy) is 5. The standard InChI is InChI=1S/C11H16N2O3.C6H12O3.C5H5ClN2/c1-11(2)15-7-8(16-11)6-14-10-5-3-4-9(12)13-10;1-6(2)8-4-5(3-7)9-6;6-4-2-1-3-5(7)8-4/h3-5,8H,6-7H2,1-2H3,(H2,12,13);5,7H,3-4H2,1-2H3;1-3H,(H2,7,8). The minimum Gasteiger partial charge on any atom is -0.475 e. The molecule has 2 unspecified atom stereocenters. The predicted octanol–water partition coefficient (Wildman–Crippen LogP) is 2.64. The molecule has 0 saturated carbocycles. The summed E-state index contributed by atoms with van der Waals surface area (Å²) in [6.07, 6.45) is -0.182. The Labute approximate surface area is 199 Å². The highest BCUT2D eigenvalue weighted by Crippen LogP contribution is 2.23. The van der Waals surface area contributed by atoms with Crippen LogP contribution in [0.25, 0.3) is 0 Å². The first kappa shape index (κ1) is 27.0. The molecule has 11 heteroatoms. The van der Waals surface area contributed by atoms with Crippen molar-refractivity contribution in [3.05, 3.63) is 41.6 Å². The van der Waals surface area contributed by atoms with E-state index in [0.717, 1.165) is 0 Å². The molecule has 2 aliphatic heterocycles. The van der Waals surface area contributed by atoms with Crippen LogP contribution >= 0.6 is 11.6 Å². The fourth-order valence-electron chi connectivity index (χ4n) is 2.81. The zero-order valence-electron chi connectivity index (χ0n) is 19.4. The van der Waals surface area contributed by atoms with Crippen LogP contribution in [0.1, 0.15) is 27.7 Å². The Balaban J connectivity index is 0.000000192. The van der Waals surface area contributed by atoms with Gasteiger partial charge in [0.1, 0.15) is 35.6 Å². The quantitative estimate of drug-likeness (QED) is 0.553. The van der Waals surface area contributed by atoms with Gasteiger partial charge < -0.3 is 40.3 Å². The molecule has 33 heavy (non-hydrogen) atoms. The van der Waals surface area contributed by atoms with Crippen LogP contribution in [0.2, 0.25) is 5.15 Å². The first-order chi connectivity index (χ1) is 15.5. The number of pyridine rings is 2. The van der Waals surface area contributed by atoms with Crippen LogP contribution in [-0.2, 0) is 18.9 Å². The van der Waals surface area contributed by atoms with Gasteiger partial charge in [0.2, 0.25) is 5.88 Å². The lowest BCUT2D eigenvalue weighted by Crippen LogP contribution is -2.25. The van der Waals surface area contributed by atoms with E-state index in [1.165, 1.54) is 0 Å². The summed E-state index contributed by atoms with van der Waals surface area (Å²) in [5.41, 5.74) is 10.8. The lowest BCUT2D eigenvalue weighted by Gasteiger charge is -2.17. The van der Waals surface area contributed by atoms with Crippen LogP contribution in [-0.4, -0.2) is 65.3 Å². The second kappa shape index (κ2) is 12.3. The third kappa shape index (κ3) is 10.5. The molecule has 0 aliphatic carbocycles. The Hall–Kier alpha value is -2.21. The lowest BCUT2D eigenvalue weighted by atomic mass is 10.4. The van der Waals surface area contributed by atoms with E-state index in [4.69, 9.17) is 51.9 Å². The maximum absolute atomic E-state index is 8.59. The van der Waals surface area contributed by atoms with Crippen molar-refractivity contribution < 1.29 is 28.8 Å². The third-order valence-electron chi connectivity index (χ3n) is 4.24. The zero-order valence-corrected chi connectivity index (χ0v) is 20.1. The van der Waals surface area contributed by atoms with E-state index in [1.54, 1.807) is 36.4 Å². The second-order valence-corrected chi connectivity index (χ2v) is 8.57. The van der Waals surface area contributed by atoms with E-state index in [2.05, 4.69) is 9.97 Å². The molecule has 0 radical (unpaired) electrons. The van der Waals surface area contributed by atoms with Gasteiger partial charge in [-0.1, -0.05) is 23.7 Å². The molecule has 5 N–H and O–H groups in total. The van der Waals surface area contributed by atoms with Gasteiger partial charge in [-0.3, -0.25) is 0 Å². The van der Waals surface area contributed by atoms with Gasteiger partial charge in [0, 0.05) is 6.07 Å². The summed E-state index contributed by atoms with van der Waals surface area (Å²) in [5.74, 6) is 0.400. The average Bonchev–Trinajstić information content (AvgIpc) is 3.27. The summed E-state index contributed by atoms with van der Waals surface area (Å²) < 4.78 is 26.9. The number of hydrogen-bond acceptors (Lipinski definition) is 10. The van der Waals surface area contributed by atoms with Crippen molar-refractivity contribution in [1.82, 2.24) is 9.97 Å². The van der Waals surface area contributed by atoms with Gasteiger partial charge in [-0.05, 0) is 45.9 Å². The van der Waals surface area contributed by atoms with E-state index >= 15 is 0 Å². The molecule has 184 valence electrons. The highest BCUT2D eigenvalue weighted by molar-refractivity contribution is 6.29. The molecular weight excluding hydrogens is 452 g/mol. The Morgan fingerprint density at radius 1 is 0.939 bits per heavy atom. The van der Waals surface area contributed by atoms with Crippen molar-refractivity contribution in [1.29, 1.82) is 0 Å². The fraction of sp³-hybridized carbons (Fsp3) is 0.545. The molecule has 2 fully saturated rings. The molecule has 2 saturated heterocycles. The first-order valence-corrected chi connectivity index (χ1v) is 10.8. The normalized spacial score (nSPS) is 22.5. The number of nitrogens with zero attached hydrogens (tertiary/aromatic N) is 2. The van der Waals surface area contributed by atoms with Gasteiger partial charge in [0.15, 0.2) is 11.6 Å². The number of halogens is 1. The largest absolute Gasteiger partial charge is 0.475 e. The highest BCUT2D eigenvalue weighted by atomic mass is 35.5. The number of rotatable bonds is 4. The highest BCUT2D eigenvalue weighted by Gasteiger charge is 2.33. The van der Waals surface area contributed by atoms with Gasteiger partial charge in [0.05, 0.1) is 19.8 Å². The molecule has 2 aromatic rings. The number of aliphatic hydroxyl groups excluding tert-OH is 1. The Bertz CT molecular complexity index is 853. The van der Waals surface area contributed by atoms with Crippen LogP contribution in [0.3, 0.4) is 0 Å². The van der Waals surface area contributed by atoms with E-state index in [-0.39, 0.29) is 18.8 Å². The second-order valence-electron chi connectivity index (χ2n) is 8.18. The zero-order chi connectivity index (χ0) is 24.5. The number of anilines is 2. The topological polar surface area (TPSA) is 144 Å². The maximum atomic E-state index is 8.59. The summed E-state index contributed by atoms with van der Waals surface area (Å²) in [6.45, 7) is 8.94. The Morgan fingerprint density at radius 2 is 1.48 bits per heavy atom. The molecular formula is C22H33ClN4O6. The van der Waals surface area contributed by atoms with Crippen LogP contribution in [0.4, 0.5) is 11.6 Å². The fourth-order valence-corrected chi connectivity index (χ4v) is 2.98. The summed E-state index contributed by atoms with van der Waals surface area (Å²) in [7, 11) is 0. The lowest BCUT2D eigenvalue weighted by molar-refractivity contribution is -0.142. The molecule has 0 spiro atoms. The van der Waals surface area contributed by atoms with E-state index in [9.17, 15) is 0 Å². The third-order valence-corrected chi connectivity index (χ3v) is 4.45. The molecule has 4 heterocycles. The number of aromatic nitrogens is 2. The van der Waals surface area contributed by atoms with Crippen LogP contribution in [0.15, 0.2) is 36.4 Å². The monoisotopic (exact) mass is 484 g/mol. The Morgan fingerprint density at radius 3 is 1.88 bits per heavy atom. The maximum Gasteiger partial charge on any atom is 0.215 e. The van der Waals surface area contributed by atoms with Gasteiger partial charge in [-0.2, -0.15) is 4.98 Å². The predicted molar refractivity (Wildman–Crippen MR) is 125 cm³/mol. The van der Waals surface area contributed by atoms with Crippen LogP contribution in [0, 0.1) is 0 Å². The Kier molecular flexibility index (Phi) is 10.1. The van der Waals surface area contributed by atoms with Crippen molar-refractivity contribution in [2.75, 3.05) is 37.9 Å². The number of nitrogen functional groups attached to an aromatic ring is 2. The molecule has 2 aromatic heterocycles. The molecule has 10 nitrogen and oxygen atoms in total. The van der Waals surface area contributed by atoms with Gasteiger partial charge in [0.25, 0.3) is 0 Å². The van der Waals surface area contributed by atoms with Crippen molar-refractivity contribution in [2.45, 2.75) is 51.5 Å². The molecule has 2 atom stereocenters. The summed E-state index contributed by atoms with van der Waals surface area (Å²) in [6, 6.07) is 10.4. The van der Waals surface area contributed by atoms with Crippen LogP contribution < -0.4 is 16.2 Å². The number of aliphatic hydroxyl groups is 1. The molecule has 2 aliphatic rings. The minimum absolute atomic E-state index is 0.0451. The van der Waals surface area contributed by atoms with E-state index in [0.29, 0.717) is 42.5 Å².